The first-order valence-corrected chi connectivity index (χ1v) is 8.42. The molecule has 9 heteroatoms. The summed E-state index contributed by atoms with van der Waals surface area (Å²) < 4.78 is 39.9. The summed E-state index contributed by atoms with van der Waals surface area (Å²) in [6, 6.07) is 9.19. The van der Waals surface area contributed by atoms with E-state index in [1.54, 1.807) is 25.1 Å². The smallest absolute Gasteiger partial charge is 0.237 e. The van der Waals surface area contributed by atoms with Crippen LogP contribution in [0.3, 0.4) is 0 Å². The van der Waals surface area contributed by atoms with Crippen molar-refractivity contribution in [3.05, 3.63) is 59.9 Å². The average Bonchev–Trinajstić information content (AvgIpc) is 3.06. The molecule has 2 N–H and O–H groups in total. The molecule has 0 radical (unpaired) electrons. The topological polar surface area (TPSA) is 70.7 Å². The fourth-order valence-electron chi connectivity index (χ4n) is 2.10. The number of anilines is 1. The zero-order chi connectivity index (χ0) is 18.7. The van der Waals surface area contributed by atoms with Crippen molar-refractivity contribution in [3.8, 4) is 11.4 Å². The van der Waals surface area contributed by atoms with Crippen molar-refractivity contribution < 1.29 is 18.0 Å². The van der Waals surface area contributed by atoms with E-state index >= 15 is 0 Å². The van der Waals surface area contributed by atoms with E-state index in [2.05, 4.69) is 20.5 Å². The Morgan fingerprint density at radius 2 is 1.88 bits per heavy atom. The van der Waals surface area contributed by atoms with E-state index < -0.39 is 28.6 Å². The SMILES string of the molecule is C[C@H](Sc1n[nH]c(-c2ccccc2F)n1)C(=O)Nc1ccc(F)c(F)c1. The molecule has 0 aliphatic heterocycles. The second kappa shape index (κ2) is 7.61. The maximum atomic E-state index is 13.8. The number of amides is 1. The molecule has 26 heavy (non-hydrogen) atoms. The van der Waals surface area contributed by atoms with Crippen LogP contribution in [-0.2, 0) is 4.79 Å². The summed E-state index contributed by atoms with van der Waals surface area (Å²) in [5.74, 6) is -2.67. The van der Waals surface area contributed by atoms with Crippen molar-refractivity contribution in [3.63, 3.8) is 0 Å². The van der Waals surface area contributed by atoms with Gasteiger partial charge in [0.25, 0.3) is 0 Å². The van der Waals surface area contributed by atoms with Crippen LogP contribution in [0.15, 0.2) is 47.6 Å². The molecular formula is C17H13F3N4OS. The van der Waals surface area contributed by atoms with E-state index in [0.717, 1.165) is 23.9 Å². The number of nitrogens with zero attached hydrogens (tertiary/aromatic N) is 2. The Hall–Kier alpha value is -2.81. The Kier molecular flexibility index (Phi) is 5.27. The Balaban J connectivity index is 1.66. The van der Waals surface area contributed by atoms with Crippen LogP contribution in [0.1, 0.15) is 6.92 Å². The standard InChI is InChI=1S/C17H13F3N4OS/c1-9(16(25)21-10-6-7-13(19)14(20)8-10)26-17-22-15(23-24-17)11-4-2-3-5-12(11)18/h2-9H,1H3,(H,21,25)(H,22,23,24)/t9-/m0/s1. The third kappa shape index (κ3) is 4.05. The fourth-order valence-corrected chi connectivity index (χ4v) is 2.83. The molecule has 0 spiro atoms. The summed E-state index contributed by atoms with van der Waals surface area (Å²) in [7, 11) is 0. The number of aromatic nitrogens is 3. The second-order valence-corrected chi connectivity index (χ2v) is 6.63. The molecule has 0 aliphatic rings. The van der Waals surface area contributed by atoms with E-state index in [9.17, 15) is 18.0 Å². The van der Waals surface area contributed by atoms with E-state index in [0.29, 0.717) is 0 Å². The molecule has 0 saturated carbocycles. The van der Waals surface area contributed by atoms with Crippen LogP contribution >= 0.6 is 11.8 Å². The lowest BCUT2D eigenvalue weighted by Gasteiger charge is -2.10. The Morgan fingerprint density at radius 1 is 1.12 bits per heavy atom. The molecule has 5 nitrogen and oxygen atoms in total. The van der Waals surface area contributed by atoms with Crippen molar-refractivity contribution >= 4 is 23.4 Å². The van der Waals surface area contributed by atoms with Gasteiger partial charge < -0.3 is 5.32 Å². The van der Waals surface area contributed by atoms with Crippen LogP contribution in [0.2, 0.25) is 0 Å². The third-order valence-electron chi connectivity index (χ3n) is 3.43. The van der Waals surface area contributed by atoms with Crippen LogP contribution in [-0.4, -0.2) is 26.3 Å². The van der Waals surface area contributed by atoms with Gasteiger partial charge in [0.15, 0.2) is 17.5 Å². The molecule has 0 aliphatic carbocycles. The molecule has 0 bridgehead atoms. The number of carbonyl (C=O) groups is 1. The number of aromatic amines is 1. The predicted octanol–water partition coefficient (Wildman–Crippen LogP) is 4.01. The van der Waals surface area contributed by atoms with Gasteiger partial charge in [-0.2, -0.15) is 0 Å². The summed E-state index contributed by atoms with van der Waals surface area (Å²) in [5, 5.41) is 8.71. The molecule has 1 atom stereocenters. The number of halogens is 3. The fraction of sp³-hybridized carbons (Fsp3) is 0.118. The maximum Gasteiger partial charge on any atom is 0.237 e. The number of hydrogen-bond acceptors (Lipinski definition) is 4. The highest BCUT2D eigenvalue weighted by Gasteiger charge is 2.19. The Bertz CT molecular complexity index is 947. The van der Waals surface area contributed by atoms with Crippen molar-refractivity contribution in [2.75, 3.05) is 5.32 Å². The molecule has 3 aromatic rings. The van der Waals surface area contributed by atoms with Gasteiger partial charge in [0, 0.05) is 11.8 Å². The number of hydrogen-bond donors (Lipinski definition) is 2. The molecule has 1 amide bonds. The number of nitrogens with one attached hydrogen (secondary N) is 2. The molecule has 0 unspecified atom stereocenters. The van der Waals surface area contributed by atoms with Crippen LogP contribution in [0.25, 0.3) is 11.4 Å². The molecule has 0 fully saturated rings. The van der Waals surface area contributed by atoms with Crippen molar-refractivity contribution in [2.45, 2.75) is 17.3 Å². The van der Waals surface area contributed by atoms with Crippen molar-refractivity contribution in [2.24, 2.45) is 0 Å². The molecule has 2 aromatic carbocycles. The van der Waals surface area contributed by atoms with Gasteiger partial charge in [0.05, 0.1) is 10.8 Å². The highest BCUT2D eigenvalue weighted by Crippen LogP contribution is 2.25. The highest BCUT2D eigenvalue weighted by atomic mass is 32.2. The van der Waals surface area contributed by atoms with Gasteiger partial charge >= 0.3 is 0 Å². The van der Waals surface area contributed by atoms with Gasteiger partial charge in [-0.1, -0.05) is 23.9 Å². The lowest BCUT2D eigenvalue weighted by Crippen LogP contribution is -2.22. The van der Waals surface area contributed by atoms with Gasteiger partial charge in [0.2, 0.25) is 11.1 Å². The van der Waals surface area contributed by atoms with Gasteiger partial charge in [0.1, 0.15) is 5.82 Å². The summed E-state index contributed by atoms with van der Waals surface area (Å²) in [5.41, 5.74) is 0.411. The Labute approximate surface area is 151 Å². The monoisotopic (exact) mass is 378 g/mol. The minimum atomic E-state index is -1.05. The van der Waals surface area contributed by atoms with Gasteiger partial charge in [-0.05, 0) is 31.2 Å². The minimum absolute atomic E-state index is 0.142. The van der Waals surface area contributed by atoms with Crippen LogP contribution < -0.4 is 5.32 Å². The molecule has 134 valence electrons. The number of thioether (sulfide) groups is 1. The molecule has 1 aromatic heterocycles. The van der Waals surface area contributed by atoms with Gasteiger partial charge in [-0.15, -0.1) is 5.10 Å². The molecular weight excluding hydrogens is 365 g/mol. The van der Waals surface area contributed by atoms with E-state index in [1.165, 1.54) is 12.1 Å². The number of benzene rings is 2. The normalized spacial score (nSPS) is 12.0. The molecule has 1 heterocycles. The summed E-state index contributed by atoms with van der Waals surface area (Å²) in [4.78, 5) is 16.3. The highest BCUT2D eigenvalue weighted by molar-refractivity contribution is 8.00. The zero-order valence-electron chi connectivity index (χ0n) is 13.5. The molecule has 0 saturated heterocycles. The minimum Gasteiger partial charge on any atom is -0.325 e. The summed E-state index contributed by atoms with van der Waals surface area (Å²) in [6.45, 7) is 1.61. The lowest BCUT2D eigenvalue weighted by molar-refractivity contribution is -0.115. The predicted molar refractivity (Wildman–Crippen MR) is 92.1 cm³/mol. The first-order valence-electron chi connectivity index (χ1n) is 7.54. The van der Waals surface area contributed by atoms with Crippen molar-refractivity contribution in [1.82, 2.24) is 15.2 Å². The zero-order valence-corrected chi connectivity index (χ0v) is 14.3. The van der Waals surface area contributed by atoms with E-state index in [4.69, 9.17) is 0 Å². The van der Waals surface area contributed by atoms with E-state index in [1.807, 2.05) is 0 Å². The first kappa shape index (κ1) is 18.0. The lowest BCUT2D eigenvalue weighted by atomic mass is 10.2. The quantitative estimate of drug-likeness (QED) is 0.658. The van der Waals surface area contributed by atoms with Gasteiger partial charge in [-0.3, -0.25) is 9.89 Å². The number of rotatable bonds is 5. The second-order valence-electron chi connectivity index (χ2n) is 5.32. The number of H-pyrrole nitrogens is 1. The van der Waals surface area contributed by atoms with E-state index in [-0.39, 0.29) is 22.2 Å². The van der Waals surface area contributed by atoms with Crippen LogP contribution in [0, 0.1) is 17.5 Å². The third-order valence-corrected chi connectivity index (χ3v) is 4.39. The van der Waals surface area contributed by atoms with Crippen molar-refractivity contribution in [1.29, 1.82) is 0 Å². The largest absolute Gasteiger partial charge is 0.325 e. The number of carbonyl (C=O) groups excluding carboxylic acids is 1. The Morgan fingerprint density at radius 3 is 2.62 bits per heavy atom. The first-order chi connectivity index (χ1) is 12.4. The summed E-state index contributed by atoms with van der Waals surface area (Å²) in [6.07, 6.45) is 0. The molecule has 3 rings (SSSR count). The maximum absolute atomic E-state index is 13.8. The average molecular weight is 378 g/mol. The van der Waals surface area contributed by atoms with Crippen LogP contribution in [0.5, 0.6) is 0 Å². The summed E-state index contributed by atoms with van der Waals surface area (Å²) >= 11 is 1.04. The van der Waals surface area contributed by atoms with Gasteiger partial charge in [-0.25, -0.2) is 18.2 Å². The van der Waals surface area contributed by atoms with Crippen LogP contribution in [0.4, 0.5) is 18.9 Å².